The lowest BCUT2D eigenvalue weighted by Gasteiger charge is -2.50. The van der Waals surface area contributed by atoms with Crippen LogP contribution in [0.15, 0.2) is 30.3 Å². The highest BCUT2D eigenvalue weighted by Crippen LogP contribution is 2.65. The summed E-state index contributed by atoms with van der Waals surface area (Å²) < 4.78 is 105. The van der Waals surface area contributed by atoms with Crippen molar-refractivity contribution in [3.63, 3.8) is 0 Å². The first-order valence-electron chi connectivity index (χ1n) is 17.7. The van der Waals surface area contributed by atoms with Crippen molar-refractivity contribution in [2.24, 2.45) is 0 Å². The zero-order chi connectivity index (χ0) is 36.6. The zero-order valence-corrected chi connectivity index (χ0v) is 34.3. The van der Waals surface area contributed by atoms with Crippen molar-refractivity contribution in [2.45, 2.75) is 105 Å². The molecule has 1 aliphatic rings. The third-order valence-corrected chi connectivity index (χ3v) is 18.1. The lowest BCUT2D eigenvalue weighted by molar-refractivity contribution is 0.0567. The van der Waals surface area contributed by atoms with E-state index in [4.69, 9.17) is 36.2 Å². The maximum absolute atomic E-state index is 14.9. The van der Waals surface area contributed by atoms with Gasteiger partial charge in [0.05, 0.1) is 76.5 Å². The number of rotatable bonds is 26. The van der Waals surface area contributed by atoms with Gasteiger partial charge in [0.15, 0.2) is 0 Å². The fourth-order valence-electron chi connectivity index (χ4n) is 6.54. The molecule has 17 heteroatoms. The molecule has 1 aromatic rings. The Morgan fingerprint density at radius 1 is 0.551 bits per heavy atom. The number of likely N-dealkylation sites (tertiary alicyclic amines) is 1. The summed E-state index contributed by atoms with van der Waals surface area (Å²) in [5.74, 6) is 0. The van der Waals surface area contributed by atoms with Crippen LogP contribution in [-0.4, -0.2) is 93.5 Å². The number of hydrogen-bond donors (Lipinski definition) is 0. The van der Waals surface area contributed by atoms with Gasteiger partial charge >= 0.3 is 30.4 Å². The average Bonchev–Trinajstić information content (AvgIpc) is 3.04. The molecule has 1 heterocycles. The van der Waals surface area contributed by atoms with E-state index in [2.05, 4.69) is 4.90 Å². The molecule has 0 bridgehead atoms. The number of hydrogen-bond acceptors (Lipinski definition) is 13. The summed E-state index contributed by atoms with van der Waals surface area (Å²) in [6.45, 7) is 15.0. The van der Waals surface area contributed by atoms with E-state index in [1.807, 2.05) is 30.3 Å². The average molecular weight is 776 g/mol. The van der Waals surface area contributed by atoms with Gasteiger partial charge in [-0.05, 0) is 73.8 Å². The quantitative estimate of drug-likeness (QED) is 0.0825. The molecule has 0 N–H and O–H groups in total. The topological polar surface area (TPSA) is 145 Å². The molecule has 286 valence electrons. The predicted octanol–water partition coefficient (Wildman–Crippen LogP) is 9.21. The van der Waals surface area contributed by atoms with Crippen LogP contribution in [0.25, 0.3) is 0 Å². The summed E-state index contributed by atoms with van der Waals surface area (Å²) in [5, 5.41) is 0. The standard InChI is InChI=1S/C32H61NO12P4/c1-9-38-46(34,39-10-2)26-31(48(36,42-13-5)43-14-6)29-23-20-24-30(33(29)25-28-21-18-17-19-22-28)32(49(37,44-15-7)45-16-8)27-47(35,40-11-3)41-12-4/h17-19,21-22,29-32H,9-16,20,23-27H2,1-8H3/t29-,30-,31?,32?/m1/s1. The summed E-state index contributed by atoms with van der Waals surface area (Å²) in [4.78, 5) is 2.11. The third kappa shape index (κ3) is 13.0. The Morgan fingerprint density at radius 2 is 0.878 bits per heavy atom. The van der Waals surface area contributed by atoms with Crippen molar-refractivity contribution >= 4 is 30.4 Å². The van der Waals surface area contributed by atoms with Gasteiger partial charge < -0.3 is 36.2 Å². The van der Waals surface area contributed by atoms with Crippen molar-refractivity contribution in [3.05, 3.63) is 35.9 Å². The highest BCUT2D eigenvalue weighted by Gasteiger charge is 2.54. The van der Waals surface area contributed by atoms with E-state index < -0.39 is 53.8 Å². The summed E-state index contributed by atoms with van der Waals surface area (Å²) in [6, 6.07) is 8.52. The van der Waals surface area contributed by atoms with Crippen molar-refractivity contribution in [2.75, 3.05) is 65.2 Å². The Hall–Kier alpha value is -0.220. The van der Waals surface area contributed by atoms with E-state index in [1.165, 1.54) is 0 Å². The first-order chi connectivity index (χ1) is 23.4. The first-order valence-corrected chi connectivity index (χ1v) is 24.4. The van der Waals surface area contributed by atoms with E-state index in [9.17, 15) is 18.3 Å². The normalized spacial score (nSPS) is 19.6. The smallest absolute Gasteiger partial charge is 0.309 e. The van der Waals surface area contributed by atoms with Crippen molar-refractivity contribution in [1.82, 2.24) is 4.90 Å². The molecule has 1 aromatic carbocycles. The van der Waals surface area contributed by atoms with Crippen molar-refractivity contribution in [1.29, 1.82) is 0 Å². The lowest BCUT2D eigenvalue weighted by atomic mass is 9.91. The highest BCUT2D eigenvalue weighted by molar-refractivity contribution is 7.59. The van der Waals surface area contributed by atoms with Gasteiger partial charge in [-0.25, -0.2) is 0 Å². The Kier molecular flexibility index (Phi) is 20.3. The van der Waals surface area contributed by atoms with E-state index in [-0.39, 0.29) is 65.2 Å². The minimum atomic E-state index is -3.98. The number of piperidine rings is 1. The van der Waals surface area contributed by atoms with Crippen LogP contribution in [0.1, 0.15) is 80.2 Å². The van der Waals surface area contributed by atoms with Crippen LogP contribution in [0.4, 0.5) is 0 Å². The minimum Gasteiger partial charge on any atom is -0.309 e. The molecule has 0 spiro atoms. The fraction of sp³-hybridized carbons (Fsp3) is 0.812. The molecule has 1 fully saturated rings. The SMILES string of the molecule is CCOP(=O)(CC([C@H]1CCC[C@H](C(CP(=O)(OCC)OCC)P(=O)(OCC)OCC)N1Cc1ccccc1)P(=O)(OCC)OCC)OCC. The molecule has 13 nitrogen and oxygen atoms in total. The number of benzene rings is 1. The largest absolute Gasteiger partial charge is 0.335 e. The Morgan fingerprint density at radius 3 is 1.18 bits per heavy atom. The molecule has 4 atom stereocenters. The molecule has 0 aliphatic carbocycles. The van der Waals surface area contributed by atoms with Gasteiger partial charge in [-0.2, -0.15) is 0 Å². The van der Waals surface area contributed by atoms with Gasteiger partial charge in [0.1, 0.15) is 0 Å². The highest BCUT2D eigenvalue weighted by atomic mass is 31.2. The monoisotopic (exact) mass is 775 g/mol. The fourth-order valence-corrected chi connectivity index (χ4v) is 16.7. The van der Waals surface area contributed by atoms with Crippen LogP contribution in [0.2, 0.25) is 0 Å². The molecule has 0 radical (unpaired) electrons. The molecule has 1 saturated heterocycles. The van der Waals surface area contributed by atoms with Crippen LogP contribution in [-0.2, 0) is 61.0 Å². The Labute approximate surface area is 294 Å². The van der Waals surface area contributed by atoms with E-state index in [1.54, 1.807) is 55.4 Å². The Bertz CT molecular complexity index is 1160. The molecule has 49 heavy (non-hydrogen) atoms. The molecule has 2 rings (SSSR count). The molecular weight excluding hydrogens is 714 g/mol. The lowest BCUT2D eigenvalue weighted by Crippen LogP contribution is -2.57. The summed E-state index contributed by atoms with van der Waals surface area (Å²) in [7, 11) is -15.5. The van der Waals surface area contributed by atoms with Gasteiger partial charge in [-0.3, -0.25) is 23.2 Å². The van der Waals surface area contributed by atoms with E-state index in [0.29, 0.717) is 25.8 Å². The van der Waals surface area contributed by atoms with Gasteiger partial charge in [0, 0.05) is 18.6 Å². The third-order valence-electron chi connectivity index (χ3n) is 8.12. The van der Waals surface area contributed by atoms with Crippen LogP contribution in [0.3, 0.4) is 0 Å². The second-order valence-corrected chi connectivity index (χ2v) is 20.1. The zero-order valence-electron chi connectivity index (χ0n) is 30.7. The van der Waals surface area contributed by atoms with Crippen LogP contribution >= 0.6 is 30.4 Å². The molecule has 2 unspecified atom stereocenters. The molecule has 0 aromatic heterocycles. The minimum absolute atomic E-state index is 0.0919. The second kappa shape index (κ2) is 22.1. The maximum atomic E-state index is 14.9. The van der Waals surface area contributed by atoms with Crippen LogP contribution in [0, 0.1) is 0 Å². The van der Waals surface area contributed by atoms with Gasteiger partial charge in [-0.15, -0.1) is 0 Å². The van der Waals surface area contributed by atoms with Crippen molar-refractivity contribution in [3.8, 4) is 0 Å². The molecule has 0 amide bonds. The van der Waals surface area contributed by atoms with E-state index >= 15 is 0 Å². The Balaban J connectivity index is 2.92. The van der Waals surface area contributed by atoms with Gasteiger partial charge in [0.2, 0.25) is 0 Å². The van der Waals surface area contributed by atoms with Crippen molar-refractivity contribution < 1.29 is 54.5 Å². The van der Waals surface area contributed by atoms with Gasteiger partial charge in [0.25, 0.3) is 0 Å². The molecule has 0 saturated carbocycles. The molecule has 1 aliphatic heterocycles. The summed E-state index contributed by atoms with van der Waals surface area (Å²) in [6.07, 6.45) is 1.18. The first kappa shape index (κ1) is 44.9. The van der Waals surface area contributed by atoms with Crippen LogP contribution < -0.4 is 0 Å². The summed E-state index contributed by atoms with van der Waals surface area (Å²) in [5.41, 5.74) is -1.00. The van der Waals surface area contributed by atoms with E-state index in [0.717, 1.165) is 5.56 Å². The molecular formula is C32H61NO12P4. The van der Waals surface area contributed by atoms with Crippen LogP contribution in [0.5, 0.6) is 0 Å². The van der Waals surface area contributed by atoms with Gasteiger partial charge in [-0.1, -0.05) is 36.8 Å². The maximum Gasteiger partial charge on any atom is 0.335 e. The summed E-state index contributed by atoms with van der Waals surface area (Å²) >= 11 is 0. The second-order valence-electron chi connectivity index (χ2n) is 11.4. The predicted molar refractivity (Wildman–Crippen MR) is 194 cm³/mol. The number of nitrogens with zero attached hydrogens (tertiary/aromatic N) is 1.